The predicted molar refractivity (Wildman–Crippen MR) is 68.0 cm³/mol. The molecule has 1 aromatic heterocycles. The summed E-state index contributed by atoms with van der Waals surface area (Å²) < 4.78 is 4.92. The average Bonchev–Trinajstić information content (AvgIpc) is 2.75. The van der Waals surface area contributed by atoms with Crippen molar-refractivity contribution in [1.29, 1.82) is 0 Å². The third-order valence-electron chi connectivity index (χ3n) is 2.64. The van der Waals surface area contributed by atoms with E-state index >= 15 is 0 Å². The monoisotopic (exact) mass is 245 g/mol. The molecule has 0 aliphatic heterocycles. The van der Waals surface area contributed by atoms with Gasteiger partial charge in [-0.2, -0.15) is 0 Å². The Kier molecular flexibility index (Phi) is 3.32. The first-order valence-electron chi connectivity index (χ1n) is 5.63. The molecule has 0 bridgehead atoms. The maximum absolute atomic E-state index is 11.9. The Morgan fingerprint density at radius 3 is 2.78 bits per heavy atom. The molecule has 0 saturated carbocycles. The Labute approximate surface area is 105 Å². The van der Waals surface area contributed by atoms with Gasteiger partial charge in [0.15, 0.2) is 0 Å². The molecule has 5 nitrogen and oxygen atoms in total. The van der Waals surface area contributed by atoms with Crippen LogP contribution in [-0.4, -0.2) is 11.1 Å². The first-order chi connectivity index (χ1) is 8.56. The molecule has 0 radical (unpaired) electrons. The number of nitrogens with one attached hydrogen (secondary N) is 1. The van der Waals surface area contributed by atoms with Crippen LogP contribution in [0.15, 0.2) is 28.8 Å². The molecule has 18 heavy (non-hydrogen) atoms. The van der Waals surface area contributed by atoms with Gasteiger partial charge in [0.1, 0.15) is 11.5 Å². The topological polar surface area (TPSA) is 81.2 Å². The Bertz CT molecular complexity index is 575. The number of aryl methyl sites for hydroxylation is 2. The zero-order chi connectivity index (χ0) is 13.1. The van der Waals surface area contributed by atoms with Crippen LogP contribution in [0.2, 0.25) is 0 Å². The lowest BCUT2D eigenvalue weighted by molar-refractivity contribution is 0.0950. The van der Waals surface area contributed by atoms with Gasteiger partial charge in [-0.3, -0.25) is 4.79 Å². The van der Waals surface area contributed by atoms with Crippen molar-refractivity contribution in [2.45, 2.75) is 20.4 Å². The van der Waals surface area contributed by atoms with Crippen molar-refractivity contribution in [2.75, 3.05) is 5.73 Å². The second-order valence-electron chi connectivity index (χ2n) is 4.18. The predicted octanol–water partition coefficient (Wildman–Crippen LogP) is 1.80. The number of benzene rings is 1. The van der Waals surface area contributed by atoms with Crippen LogP contribution in [-0.2, 0) is 6.54 Å². The van der Waals surface area contributed by atoms with Gasteiger partial charge in [0.2, 0.25) is 0 Å². The lowest BCUT2D eigenvalue weighted by Crippen LogP contribution is -2.23. The Morgan fingerprint density at radius 1 is 1.39 bits per heavy atom. The lowest BCUT2D eigenvalue weighted by atomic mass is 10.1. The number of rotatable bonds is 3. The van der Waals surface area contributed by atoms with E-state index in [9.17, 15) is 4.79 Å². The van der Waals surface area contributed by atoms with Gasteiger partial charge in [0.25, 0.3) is 5.91 Å². The summed E-state index contributed by atoms with van der Waals surface area (Å²) >= 11 is 0. The van der Waals surface area contributed by atoms with Gasteiger partial charge in [-0.15, -0.1) is 0 Å². The molecule has 0 unspecified atom stereocenters. The molecule has 1 aromatic carbocycles. The van der Waals surface area contributed by atoms with Crippen molar-refractivity contribution in [3.05, 3.63) is 46.8 Å². The van der Waals surface area contributed by atoms with E-state index in [1.54, 1.807) is 24.3 Å². The molecule has 0 atom stereocenters. The zero-order valence-electron chi connectivity index (χ0n) is 10.4. The summed E-state index contributed by atoms with van der Waals surface area (Å²) in [6.45, 7) is 4.02. The van der Waals surface area contributed by atoms with Gasteiger partial charge >= 0.3 is 0 Å². The molecule has 0 saturated heterocycles. The molecule has 1 amide bonds. The van der Waals surface area contributed by atoms with E-state index in [-0.39, 0.29) is 5.91 Å². The average molecular weight is 245 g/mol. The van der Waals surface area contributed by atoms with Crippen LogP contribution < -0.4 is 11.1 Å². The van der Waals surface area contributed by atoms with Crippen molar-refractivity contribution >= 4 is 11.6 Å². The number of nitrogens with two attached hydrogens (primary N) is 1. The van der Waals surface area contributed by atoms with Crippen molar-refractivity contribution in [3.63, 3.8) is 0 Å². The number of carbonyl (C=O) groups excluding carboxylic acids is 1. The third kappa shape index (κ3) is 2.68. The molecule has 94 valence electrons. The SMILES string of the molecule is Cc1cc(CNC(=O)c2ccc(N)c(C)c2)no1. The summed E-state index contributed by atoms with van der Waals surface area (Å²) in [5, 5.41) is 6.58. The summed E-state index contributed by atoms with van der Waals surface area (Å²) in [6, 6.07) is 6.98. The summed E-state index contributed by atoms with van der Waals surface area (Å²) in [4.78, 5) is 11.9. The number of hydrogen-bond acceptors (Lipinski definition) is 4. The third-order valence-corrected chi connectivity index (χ3v) is 2.64. The molecule has 0 fully saturated rings. The van der Waals surface area contributed by atoms with E-state index in [0.717, 1.165) is 11.3 Å². The largest absolute Gasteiger partial charge is 0.399 e. The quantitative estimate of drug-likeness (QED) is 0.808. The van der Waals surface area contributed by atoms with E-state index in [4.69, 9.17) is 10.3 Å². The first kappa shape index (κ1) is 12.2. The number of aromatic nitrogens is 1. The lowest BCUT2D eigenvalue weighted by Gasteiger charge is -2.05. The van der Waals surface area contributed by atoms with Crippen LogP contribution in [0.3, 0.4) is 0 Å². The molecular formula is C13H15N3O2. The molecule has 0 aliphatic carbocycles. The molecular weight excluding hydrogens is 230 g/mol. The Morgan fingerprint density at radius 2 is 2.17 bits per heavy atom. The normalized spacial score (nSPS) is 10.3. The number of carbonyl (C=O) groups is 1. The van der Waals surface area contributed by atoms with E-state index in [1.807, 2.05) is 13.8 Å². The summed E-state index contributed by atoms with van der Waals surface area (Å²) in [6.07, 6.45) is 0. The van der Waals surface area contributed by atoms with Crippen LogP contribution in [0.1, 0.15) is 27.4 Å². The Balaban J connectivity index is 2.01. The van der Waals surface area contributed by atoms with Gasteiger partial charge in [0, 0.05) is 17.3 Å². The van der Waals surface area contributed by atoms with Gasteiger partial charge in [-0.25, -0.2) is 0 Å². The van der Waals surface area contributed by atoms with E-state index < -0.39 is 0 Å². The van der Waals surface area contributed by atoms with Crippen LogP contribution in [0, 0.1) is 13.8 Å². The smallest absolute Gasteiger partial charge is 0.251 e. The highest BCUT2D eigenvalue weighted by atomic mass is 16.5. The van der Waals surface area contributed by atoms with Crippen LogP contribution in [0.25, 0.3) is 0 Å². The fraction of sp³-hybridized carbons (Fsp3) is 0.231. The fourth-order valence-electron chi connectivity index (χ4n) is 1.59. The zero-order valence-corrected chi connectivity index (χ0v) is 10.4. The van der Waals surface area contributed by atoms with Crippen LogP contribution in [0.5, 0.6) is 0 Å². The van der Waals surface area contributed by atoms with E-state index in [1.165, 1.54) is 0 Å². The molecule has 0 spiro atoms. The minimum absolute atomic E-state index is 0.154. The van der Waals surface area contributed by atoms with Gasteiger partial charge < -0.3 is 15.6 Å². The first-order valence-corrected chi connectivity index (χ1v) is 5.63. The molecule has 1 heterocycles. The standard InChI is InChI=1S/C13H15N3O2/c1-8-5-10(3-4-12(8)14)13(17)15-7-11-6-9(2)18-16-11/h3-6H,7,14H2,1-2H3,(H,15,17). The minimum Gasteiger partial charge on any atom is -0.399 e. The number of anilines is 1. The summed E-state index contributed by atoms with van der Waals surface area (Å²) in [5.41, 5.74) is 8.56. The van der Waals surface area contributed by atoms with Crippen LogP contribution in [0.4, 0.5) is 5.69 Å². The van der Waals surface area contributed by atoms with Crippen molar-refractivity contribution in [3.8, 4) is 0 Å². The highest BCUT2D eigenvalue weighted by Crippen LogP contribution is 2.12. The highest BCUT2D eigenvalue weighted by Gasteiger charge is 2.08. The van der Waals surface area contributed by atoms with Crippen molar-refractivity contribution < 1.29 is 9.32 Å². The number of nitrogens with zero attached hydrogens (tertiary/aromatic N) is 1. The molecule has 0 aliphatic rings. The number of amides is 1. The van der Waals surface area contributed by atoms with Gasteiger partial charge in [-0.05, 0) is 37.6 Å². The minimum atomic E-state index is -0.154. The van der Waals surface area contributed by atoms with Crippen molar-refractivity contribution in [2.24, 2.45) is 0 Å². The fourth-order valence-corrected chi connectivity index (χ4v) is 1.59. The number of nitrogen functional groups attached to an aromatic ring is 1. The second kappa shape index (κ2) is 4.91. The maximum atomic E-state index is 11.9. The van der Waals surface area contributed by atoms with E-state index in [2.05, 4.69) is 10.5 Å². The summed E-state index contributed by atoms with van der Waals surface area (Å²) in [7, 11) is 0. The molecule has 2 rings (SSSR count). The molecule has 5 heteroatoms. The van der Waals surface area contributed by atoms with Crippen molar-refractivity contribution in [1.82, 2.24) is 10.5 Å². The maximum Gasteiger partial charge on any atom is 0.251 e. The molecule has 3 N–H and O–H groups in total. The van der Waals surface area contributed by atoms with Gasteiger partial charge in [-0.1, -0.05) is 5.16 Å². The molecule has 2 aromatic rings. The van der Waals surface area contributed by atoms with Gasteiger partial charge in [0.05, 0.1) is 6.54 Å². The van der Waals surface area contributed by atoms with E-state index in [0.29, 0.717) is 23.5 Å². The van der Waals surface area contributed by atoms with Crippen LogP contribution >= 0.6 is 0 Å². The number of hydrogen-bond donors (Lipinski definition) is 2. The highest BCUT2D eigenvalue weighted by molar-refractivity contribution is 5.94. The summed E-state index contributed by atoms with van der Waals surface area (Å²) in [5.74, 6) is 0.571. The second-order valence-corrected chi connectivity index (χ2v) is 4.18. The Hall–Kier alpha value is -2.30.